The number of aromatic nitrogens is 2. The van der Waals surface area contributed by atoms with Crippen LogP contribution in [0.4, 0.5) is 0 Å². The van der Waals surface area contributed by atoms with Crippen molar-refractivity contribution in [3.05, 3.63) is 17.4 Å². The molecular weight excluding hydrogens is 254 g/mol. The molecule has 0 radical (unpaired) electrons. The molecule has 6 heteroatoms. The monoisotopic (exact) mass is 273 g/mol. The van der Waals surface area contributed by atoms with Crippen molar-refractivity contribution in [1.82, 2.24) is 14.7 Å². The van der Waals surface area contributed by atoms with E-state index in [1.807, 2.05) is 0 Å². The molecule has 0 saturated carbocycles. The lowest BCUT2D eigenvalue weighted by Crippen LogP contribution is -2.36. The highest BCUT2D eigenvalue weighted by Gasteiger charge is 2.22. The Labute approximate surface area is 112 Å². The molecule has 0 aliphatic rings. The van der Waals surface area contributed by atoms with Crippen molar-refractivity contribution in [2.75, 3.05) is 13.6 Å². The Hall–Kier alpha value is -1.07. The predicted octanol–water partition coefficient (Wildman–Crippen LogP) is 1.72. The molecule has 5 nitrogen and oxygen atoms in total. The minimum atomic E-state index is -0.771. The highest BCUT2D eigenvalue weighted by Crippen LogP contribution is 2.14. The number of carbonyl (C=O) groups is 1. The lowest BCUT2D eigenvalue weighted by molar-refractivity contribution is -0.133. The van der Waals surface area contributed by atoms with Crippen LogP contribution in [0.15, 0.2) is 12.4 Å². The first-order valence-electron chi connectivity index (χ1n) is 5.88. The lowest BCUT2D eigenvalue weighted by atomic mass is 10.1. The molecule has 1 aromatic heterocycles. The molecular formula is C12H20ClN3O2. The van der Waals surface area contributed by atoms with Crippen LogP contribution < -0.4 is 0 Å². The van der Waals surface area contributed by atoms with Gasteiger partial charge in [0.05, 0.1) is 16.8 Å². The summed E-state index contributed by atoms with van der Waals surface area (Å²) >= 11 is 5.77. The summed E-state index contributed by atoms with van der Waals surface area (Å²) in [4.78, 5) is 13.7. The largest absolute Gasteiger partial charge is 0.390 e. The first-order chi connectivity index (χ1) is 8.20. The summed E-state index contributed by atoms with van der Waals surface area (Å²) in [7, 11) is 1.72. The smallest absolute Gasteiger partial charge is 0.246 e. The van der Waals surface area contributed by atoms with Gasteiger partial charge < -0.3 is 10.0 Å². The first kappa shape index (κ1) is 15.0. The molecule has 0 aliphatic heterocycles. The highest BCUT2D eigenvalue weighted by atomic mass is 35.5. The summed E-state index contributed by atoms with van der Waals surface area (Å²) in [5, 5.41) is 14.2. The molecule has 1 N–H and O–H groups in total. The van der Waals surface area contributed by atoms with Gasteiger partial charge in [-0.2, -0.15) is 5.10 Å². The van der Waals surface area contributed by atoms with Crippen LogP contribution in [0.1, 0.15) is 33.2 Å². The van der Waals surface area contributed by atoms with E-state index in [4.69, 9.17) is 11.6 Å². The molecule has 0 bridgehead atoms. The number of carbonyl (C=O) groups excluding carboxylic acids is 1. The van der Waals surface area contributed by atoms with Crippen molar-refractivity contribution in [2.45, 2.75) is 38.8 Å². The van der Waals surface area contributed by atoms with E-state index in [9.17, 15) is 9.90 Å². The van der Waals surface area contributed by atoms with E-state index in [1.54, 1.807) is 38.9 Å². The molecule has 1 aromatic rings. The number of halogens is 1. The summed E-state index contributed by atoms with van der Waals surface area (Å²) < 4.78 is 1.53. The molecule has 0 aliphatic carbocycles. The fourth-order valence-electron chi connectivity index (χ4n) is 1.51. The van der Waals surface area contributed by atoms with E-state index in [2.05, 4.69) is 5.10 Å². The molecule has 0 aromatic carbocycles. The van der Waals surface area contributed by atoms with Gasteiger partial charge in [-0.25, -0.2) is 0 Å². The number of hydrogen-bond acceptors (Lipinski definition) is 3. The summed E-state index contributed by atoms with van der Waals surface area (Å²) in [6, 6.07) is -0.399. The topological polar surface area (TPSA) is 58.4 Å². The Morgan fingerprint density at radius 3 is 2.72 bits per heavy atom. The molecule has 0 spiro atoms. The standard InChI is InChI=1S/C12H20ClN3O2/c1-9(16-8-10(13)7-14-16)11(17)15(4)6-5-12(2,3)18/h7-9,18H,5-6H2,1-4H3. The quantitative estimate of drug-likeness (QED) is 0.889. The number of rotatable bonds is 5. The average molecular weight is 274 g/mol. The van der Waals surface area contributed by atoms with Gasteiger partial charge in [-0.3, -0.25) is 9.48 Å². The molecule has 1 unspecified atom stereocenters. The van der Waals surface area contributed by atoms with Crippen molar-refractivity contribution in [2.24, 2.45) is 0 Å². The zero-order valence-electron chi connectivity index (χ0n) is 11.2. The third-order valence-corrected chi connectivity index (χ3v) is 2.95. The van der Waals surface area contributed by atoms with Crippen molar-refractivity contribution in [3.63, 3.8) is 0 Å². The summed E-state index contributed by atoms with van der Waals surface area (Å²) in [5.41, 5.74) is -0.771. The fourth-order valence-corrected chi connectivity index (χ4v) is 1.65. The molecule has 1 amide bonds. The summed E-state index contributed by atoms with van der Waals surface area (Å²) in [5.74, 6) is -0.0565. The van der Waals surface area contributed by atoms with Gasteiger partial charge in [-0.15, -0.1) is 0 Å². The Balaban J connectivity index is 2.58. The van der Waals surface area contributed by atoms with Gasteiger partial charge in [0.1, 0.15) is 6.04 Å². The molecule has 0 saturated heterocycles. The van der Waals surface area contributed by atoms with Gasteiger partial charge in [-0.1, -0.05) is 11.6 Å². The molecule has 18 heavy (non-hydrogen) atoms. The van der Waals surface area contributed by atoms with Crippen LogP contribution in [-0.2, 0) is 4.79 Å². The van der Waals surface area contributed by atoms with Gasteiger partial charge in [0, 0.05) is 19.8 Å². The second kappa shape index (κ2) is 5.71. The average Bonchev–Trinajstić information content (AvgIpc) is 2.69. The second-order valence-corrected chi connectivity index (χ2v) is 5.57. The number of likely N-dealkylation sites (N-methyl/N-ethyl adjacent to an activating group) is 1. The van der Waals surface area contributed by atoms with Crippen molar-refractivity contribution in [1.29, 1.82) is 0 Å². The predicted molar refractivity (Wildman–Crippen MR) is 70.5 cm³/mol. The van der Waals surface area contributed by atoms with Crippen LogP contribution in [0.25, 0.3) is 0 Å². The number of amides is 1. The molecule has 1 rings (SSSR count). The maximum Gasteiger partial charge on any atom is 0.246 e. The Morgan fingerprint density at radius 2 is 2.28 bits per heavy atom. The van der Waals surface area contributed by atoms with Crippen LogP contribution >= 0.6 is 11.6 Å². The van der Waals surface area contributed by atoms with Crippen LogP contribution in [0.3, 0.4) is 0 Å². The fraction of sp³-hybridized carbons (Fsp3) is 0.667. The van der Waals surface area contributed by atoms with Gasteiger partial charge in [-0.05, 0) is 27.2 Å². The van der Waals surface area contributed by atoms with Gasteiger partial charge in [0.2, 0.25) is 5.91 Å². The van der Waals surface area contributed by atoms with Gasteiger partial charge in [0.15, 0.2) is 0 Å². The van der Waals surface area contributed by atoms with E-state index in [1.165, 1.54) is 10.9 Å². The molecule has 102 valence electrons. The zero-order valence-corrected chi connectivity index (χ0v) is 12.0. The van der Waals surface area contributed by atoms with Crippen LogP contribution in [-0.4, -0.2) is 44.9 Å². The van der Waals surface area contributed by atoms with Crippen LogP contribution in [0.5, 0.6) is 0 Å². The van der Waals surface area contributed by atoms with E-state index in [0.29, 0.717) is 18.0 Å². The van der Waals surface area contributed by atoms with Crippen molar-refractivity contribution >= 4 is 17.5 Å². The van der Waals surface area contributed by atoms with Crippen LogP contribution in [0, 0.1) is 0 Å². The Bertz CT molecular complexity index is 412. The van der Waals surface area contributed by atoms with Gasteiger partial charge >= 0.3 is 0 Å². The Morgan fingerprint density at radius 1 is 1.67 bits per heavy atom. The Kier molecular flexibility index (Phi) is 4.76. The normalized spacial score (nSPS) is 13.4. The van der Waals surface area contributed by atoms with Gasteiger partial charge in [0.25, 0.3) is 0 Å². The summed E-state index contributed by atoms with van der Waals surface area (Å²) in [6.45, 7) is 5.72. The van der Waals surface area contributed by atoms with Crippen molar-refractivity contribution in [3.8, 4) is 0 Å². The van der Waals surface area contributed by atoms with E-state index in [-0.39, 0.29) is 5.91 Å². The van der Waals surface area contributed by atoms with Crippen LogP contribution in [0.2, 0.25) is 5.02 Å². The maximum atomic E-state index is 12.1. The number of nitrogens with zero attached hydrogens (tertiary/aromatic N) is 3. The summed E-state index contributed by atoms with van der Waals surface area (Å²) in [6.07, 6.45) is 3.65. The van der Waals surface area contributed by atoms with E-state index < -0.39 is 11.6 Å². The first-order valence-corrected chi connectivity index (χ1v) is 6.25. The molecule has 0 fully saturated rings. The zero-order chi connectivity index (χ0) is 13.9. The maximum absolute atomic E-state index is 12.1. The highest BCUT2D eigenvalue weighted by molar-refractivity contribution is 6.30. The third kappa shape index (κ3) is 4.31. The van der Waals surface area contributed by atoms with E-state index in [0.717, 1.165) is 0 Å². The van der Waals surface area contributed by atoms with E-state index >= 15 is 0 Å². The SMILES string of the molecule is CC(C(=O)N(C)CCC(C)(C)O)n1cc(Cl)cn1. The second-order valence-electron chi connectivity index (χ2n) is 5.14. The molecule has 1 atom stereocenters. The number of aliphatic hydroxyl groups is 1. The molecule has 1 heterocycles. The minimum absolute atomic E-state index is 0.0565. The lowest BCUT2D eigenvalue weighted by Gasteiger charge is -2.25. The third-order valence-electron chi connectivity index (χ3n) is 2.76. The minimum Gasteiger partial charge on any atom is -0.390 e. The van der Waals surface area contributed by atoms with Crippen molar-refractivity contribution < 1.29 is 9.90 Å². The number of hydrogen-bond donors (Lipinski definition) is 1.